The first kappa shape index (κ1) is 14.2. The number of alkyl halides is 3. The molecular formula is C10H9ClF5N. The van der Waals surface area contributed by atoms with Crippen LogP contribution in [0, 0.1) is 11.6 Å². The zero-order valence-corrected chi connectivity index (χ0v) is 9.25. The van der Waals surface area contributed by atoms with Crippen LogP contribution in [0.25, 0.3) is 0 Å². The third kappa shape index (κ3) is 3.81. The van der Waals surface area contributed by atoms with Crippen LogP contribution in [0.15, 0.2) is 12.1 Å². The van der Waals surface area contributed by atoms with Crippen molar-refractivity contribution in [2.24, 2.45) is 5.73 Å². The largest absolute Gasteiger partial charge is 0.389 e. The molecule has 1 atom stereocenters. The Hall–Kier alpha value is -0.880. The molecule has 17 heavy (non-hydrogen) atoms. The minimum absolute atomic E-state index is 0.420. The third-order valence-electron chi connectivity index (χ3n) is 2.19. The molecule has 0 spiro atoms. The van der Waals surface area contributed by atoms with Gasteiger partial charge in [-0.25, -0.2) is 8.78 Å². The second-order valence-electron chi connectivity index (χ2n) is 3.52. The minimum atomic E-state index is -4.39. The Morgan fingerprint density at radius 1 is 1.18 bits per heavy atom. The monoisotopic (exact) mass is 273 g/mol. The van der Waals surface area contributed by atoms with Gasteiger partial charge in [0.05, 0.1) is 5.02 Å². The summed E-state index contributed by atoms with van der Waals surface area (Å²) in [6, 6.07) is 0.279. The van der Waals surface area contributed by atoms with Crippen LogP contribution < -0.4 is 5.73 Å². The van der Waals surface area contributed by atoms with Gasteiger partial charge in [-0.2, -0.15) is 13.2 Å². The van der Waals surface area contributed by atoms with E-state index in [1.54, 1.807) is 0 Å². The molecule has 0 radical (unpaired) electrons. The fraction of sp³-hybridized carbons (Fsp3) is 0.400. The number of hydrogen-bond acceptors (Lipinski definition) is 1. The molecule has 96 valence electrons. The van der Waals surface area contributed by atoms with Crippen LogP contribution in [0.3, 0.4) is 0 Å². The van der Waals surface area contributed by atoms with Crippen molar-refractivity contribution in [2.45, 2.75) is 25.1 Å². The maximum Gasteiger partial charge on any atom is 0.389 e. The zero-order chi connectivity index (χ0) is 13.2. The molecule has 0 bridgehead atoms. The van der Waals surface area contributed by atoms with Crippen LogP contribution in [0.2, 0.25) is 5.02 Å². The molecule has 0 amide bonds. The van der Waals surface area contributed by atoms with E-state index in [1.165, 1.54) is 0 Å². The highest BCUT2D eigenvalue weighted by atomic mass is 35.5. The van der Waals surface area contributed by atoms with E-state index >= 15 is 0 Å². The SMILES string of the molecule is N[C@H](CCC(F)(F)F)c1c(F)ccc(F)c1Cl. The molecule has 1 rings (SSSR count). The van der Waals surface area contributed by atoms with Crippen LogP contribution in [-0.2, 0) is 0 Å². The summed E-state index contributed by atoms with van der Waals surface area (Å²) in [6.07, 6.45) is -6.13. The van der Waals surface area contributed by atoms with Crippen molar-refractivity contribution in [2.75, 3.05) is 0 Å². The molecule has 0 heterocycles. The summed E-state index contributed by atoms with van der Waals surface area (Å²) in [5.41, 5.74) is 4.96. The second-order valence-corrected chi connectivity index (χ2v) is 3.90. The summed E-state index contributed by atoms with van der Waals surface area (Å²) in [5.74, 6) is -1.82. The molecule has 2 N–H and O–H groups in total. The highest BCUT2D eigenvalue weighted by molar-refractivity contribution is 6.31. The van der Waals surface area contributed by atoms with Crippen molar-refractivity contribution >= 4 is 11.6 Å². The first-order valence-electron chi connectivity index (χ1n) is 4.68. The molecule has 1 nitrogen and oxygen atoms in total. The van der Waals surface area contributed by atoms with Crippen molar-refractivity contribution in [3.63, 3.8) is 0 Å². The Morgan fingerprint density at radius 2 is 1.71 bits per heavy atom. The van der Waals surface area contributed by atoms with Crippen molar-refractivity contribution < 1.29 is 22.0 Å². The molecule has 1 aromatic carbocycles. The van der Waals surface area contributed by atoms with Crippen LogP contribution in [0.5, 0.6) is 0 Å². The van der Waals surface area contributed by atoms with Gasteiger partial charge in [-0.05, 0) is 18.6 Å². The molecule has 1 aromatic rings. The Bertz CT molecular complexity index is 404. The highest BCUT2D eigenvalue weighted by Crippen LogP contribution is 2.32. The summed E-state index contributed by atoms with van der Waals surface area (Å²) < 4.78 is 62.2. The topological polar surface area (TPSA) is 26.0 Å². The van der Waals surface area contributed by atoms with Crippen LogP contribution in [0.4, 0.5) is 22.0 Å². The van der Waals surface area contributed by atoms with E-state index in [9.17, 15) is 22.0 Å². The van der Waals surface area contributed by atoms with Gasteiger partial charge < -0.3 is 5.73 Å². The highest BCUT2D eigenvalue weighted by Gasteiger charge is 2.29. The maximum absolute atomic E-state index is 13.3. The smallest absolute Gasteiger partial charge is 0.324 e. The lowest BCUT2D eigenvalue weighted by Crippen LogP contribution is -2.17. The Balaban J connectivity index is 2.89. The first-order chi connectivity index (χ1) is 7.72. The van der Waals surface area contributed by atoms with Gasteiger partial charge in [0.1, 0.15) is 11.6 Å². The lowest BCUT2D eigenvalue weighted by atomic mass is 10.0. The number of nitrogens with two attached hydrogens (primary N) is 1. The van der Waals surface area contributed by atoms with Crippen LogP contribution in [-0.4, -0.2) is 6.18 Å². The van der Waals surface area contributed by atoms with E-state index in [4.69, 9.17) is 17.3 Å². The molecule has 7 heteroatoms. The molecule has 0 aliphatic heterocycles. The average molecular weight is 274 g/mol. The minimum Gasteiger partial charge on any atom is -0.324 e. The molecule has 0 aliphatic carbocycles. The van der Waals surface area contributed by atoms with Gasteiger partial charge in [0.25, 0.3) is 0 Å². The number of rotatable bonds is 3. The van der Waals surface area contributed by atoms with Crippen molar-refractivity contribution in [1.82, 2.24) is 0 Å². The lowest BCUT2D eigenvalue weighted by Gasteiger charge is -2.16. The average Bonchev–Trinajstić information content (AvgIpc) is 2.20. The van der Waals surface area contributed by atoms with Crippen molar-refractivity contribution in [3.8, 4) is 0 Å². The Labute approximate surface area is 99.4 Å². The van der Waals surface area contributed by atoms with Gasteiger partial charge in [0.15, 0.2) is 0 Å². The lowest BCUT2D eigenvalue weighted by molar-refractivity contribution is -0.136. The summed E-state index contributed by atoms with van der Waals surface area (Å²) >= 11 is 5.47. The van der Waals surface area contributed by atoms with Gasteiger partial charge in [-0.1, -0.05) is 11.6 Å². The van der Waals surface area contributed by atoms with Gasteiger partial charge in [0.2, 0.25) is 0 Å². The summed E-state index contributed by atoms with van der Waals surface area (Å²) in [6.45, 7) is 0. The van der Waals surface area contributed by atoms with Crippen molar-refractivity contribution in [3.05, 3.63) is 34.4 Å². The van der Waals surface area contributed by atoms with Gasteiger partial charge in [0, 0.05) is 18.0 Å². The third-order valence-corrected chi connectivity index (χ3v) is 2.57. The van der Waals surface area contributed by atoms with Gasteiger partial charge in [-0.15, -0.1) is 0 Å². The predicted octanol–water partition coefficient (Wildman–Crippen LogP) is 3.96. The van der Waals surface area contributed by atoms with E-state index in [2.05, 4.69) is 0 Å². The van der Waals surface area contributed by atoms with E-state index in [0.717, 1.165) is 12.1 Å². The van der Waals surface area contributed by atoms with Crippen LogP contribution >= 0.6 is 11.6 Å². The summed E-state index contributed by atoms with van der Waals surface area (Å²) in [4.78, 5) is 0. The molecular weight excluding hydrogens is 265 g/mol. The molecule has 0 aliphatic rings. The fourth-order valence-electron chi connectivity index (χ4n) is 1.35. The van der Waals surface area contributed by atoms with E-state index < -0.39 is 47.3 Å². The molecule has 0 fully saturated rings. The zero-order valence-electron chi connectivity index (χ0n) is 8.49. The van der Waals surface area contributed by atoms with E-state index in [0.29, 0.717) is 0 Å². The standard InChI is InChI=1S/C10H9ClF5N/c11-9-6(13)2-1-5(12)8(9)7(17)3-4-10(14,15)16/h1-2,7H,3-4,17H2/t7-/m1/s1. The predicted molar refractivity (Wildman–Crippen MR) is 53.6 cm³/mol. The molecule has 0 aromatic heterocycles. The second kappa shape index (κ2) is 5.18. The summed E-state index contributed by atoms with van der Waals surface area (Å²) in [5, 5.41) is -0.570. The number of hydrogen-bond donors (Lipinski definition) is 1. The normalized spacial score (nSPS) is 13.8. The molecule has 0 unspecified atom stereocenters. The number of halogens is 6. The molecule has 0 saturated carbocycles. The van der Waals surface area contributed by atoms with E-state index in [-0.39, 0.29) is 0 Å². The van der Waals surface area contributed by atoms with Crippen LogP contribution in [0.1, 0.15) is 24.4 Å². The van der Waals surface area contributed by atoms with Gasteiger partial charge >= 0.3 is 6.18 Å². The van der Waals surface area contributed by atoms with Crippen molar-refractivity contribution in [1.29, 1.82) is 0 Å². The Kier molecular flexibility index (Phi) is 4.32. The van der Waals surface area contributed by atoms with E-state index in [1.807, 2.05) is 0 Å². The first-order valence-corrected chi connectivity index (χ1v) is 5.06. The van der Waals surface area contributed by atoms with Gasteiger partial charge in [-0.3, -0.25) is 0 Å². The quantitative estimate of drug-likeness (QED) is 0.655. The fourth-order valence-corrected chi connectivity index (χ4v) is 1.64. The molecule has 0 saturated heterocycles. The summed E-state index contributed by atoms with van der Waals surface area (Å²) in [7, 11) is 0. The number of benzene rings is 1. The maximum atomic E-state index is 13.3. The Morgan fingerprint density at radius 3 is 2.24 bits per heavy atom.